The van der Waals surface area contributed by atoms with Crippen molar-refractivity contribution in [2.75, 3.05) is 32.4 Å². The fourth-order valence-corrected chi connectivity index (χ4v) is 3.31. The zero-order valence-corrected chi connectivity index (χ0v) is 17.3. The minimum absolute atomic E-state index is 0.460. The fraction of sp³-hybridized carbons (Fsp3) is 0.650. The normalized spacial score (nSPS) is 14.1. The maximum Gasteiger partial charge on any atom is 0.145 e. The molecule has 4 N–H and O–H groups in total. The van der Waals surface area contributed by atoms with Crippen molar-refractivity contribution < 1.29 is 4.79 Å². The number of likely N-dealkylation sites (N-methyl/N-ethyl adjacent to an activating group) is 1. The van der Waals surface area contributed by atoms with Gasteiger partial charge in [0.15, 0.2) is 0 Å². The molecule has 2 heterocycles. The summed E-state index contributed by atoms with van der Waals surface area (Å²) in [5.41, 5.74) is 8.12. The largest absolute Gasteiger partial charge is 0.383 e. The molecule has 0 radical (unpaired) electrons. The number of nitrogens with two attached hydrogens (primary N) is 1. The van der Waals surface area contributed by atoms with E-state index in [4.69, 9.17) is 5.73 Å². The standard InChI is InChI=1S/C13H18N4.C5H12N2O.C2H6/c1-9-7-17(10-5-3-2-4-6-10)13-11(9)12(14)15-8-16-13;1-6-2-3-7-4-5-8;1-2/h7-8,10H,2-6H2,1H3,(H2,14,15,16);5-7H,2-4H2,1H3;1-2H3. The van der Waals surface area contributed by atoms with Gasteiger partial charge in [-0.25, -0.2) is 9.97 Å². The summed E-state index contributed by atoms with van der Waals surface area (Å²) >= 11 is 0. The molecule has 1 saturated carbocycles. The van der Waals surface area contributed by atoms with Gasteiger partial charge in [0.05, 0.1) is 11.9 Å². The minimum Gasteiger partial charge on any atom is -0.383 e. The van der Waals surface area contributed by atoms with Crippen molar-refractivity contribution >= 4 is 23.1 Å². The molecule has 0 amide bonds. The molecule has 2 aromatic heterocycles. The number of rotatable bonds is 6. The van der Waals surface area contributed by atoms with Crippen LogP contribution in [0.2, 0.25) is 0 Å². The van der Waals surface area contributed by atoms with Crippen molar-refractivity contribution in [3.63, 3.8) is 0 Å². The zero-order valence-electron chi connectivity index (χ0n) is 17.3. The number of fused-ring (bicyclic) bond motifs is 1. The van der Waals surface area contributed by atoms with Crippen LogP contribution >= 0.6 is 0 Å². The molecular formula is C20H36N6O. The van der Waals surface area contributed by atoms with Crippen LogP contribution in [0, 0.1) is 6.92 Å². The van der Waals surface area contributed by atoms with Crippen molar-refractivity contribution in [2.24, 2.45) is 0 Å². The number of nitrogens with zero attached hydrogens (tertiary/aromatic N) is 3. The van der Waals surface area contributed by atoms with Gasteiger partial charge in [-0.15, -0.1) is 0 Å². The van der Waals surface area contributed by atoms with Crippen LogP contribution < -0.4 is 16.4 Å². The second kappa shape index (κ2) is 13.2. The van der Waals surface area contributed by atoms with Gasteiger partial charge in [0.2, 0.25) is 0 Å². The van der Waals surface area contributed by atoms with Crippen LogP contribution in [0.3, 0.4) is 0 Å². The lowest BCUT2D eigenvalue weighted by atomic mass is 9.95. The Morgan fingerprint density at radius 1 is 1.22 bits per heavy atom. The summed E-state index contributed by atoms with van der Waals surface area (Å²) in [5, 5.41) is 6.88. The number of aryl methyl sites for hydroxylation is 1. The molecule has 0 atom stereocenters. The Morgan fingerprint density at radius 3 is 2.56 bits per heavy atom. The van der Waals surface area contributed by atoms with Gasteiger partial charge in [-0.05, 0) is 32.4 Å². The van der Waals surface area contributed by atoms with Gasteiger partial charge in [0, 0.05) is 25.3 Å². The van der Waals surface area contributed by atoms with E-state index < -0.39 is 0 Å². The average Bonchev–Trinajstić information content (AvgIpc) is 3.06. The molecule has 1 fully saturated rings. The Labute approximate surface area is 163 Å². The molecule has 27 heavy (non-hydrogen) atoms. The molecule has 0 bridgehead atoms. The number of aldehydes is 1. The number of hydrogen-bond donors (Lipinski definition) is 3. The molecule has 0 unspecified atom stereocenters. The Balaban J connectivity index is 0.000000312. The fourth-order valence-electron chi connectivity index (χ4n) is 3.31. The van der Waals surface area contributed by atoms with Crippen LogP contribution in [-0.2, 0) is 4.79 Å². The third-order valence-corrected chi connectivity index (χ3v) is 4.58. The third-order valence-electron chi connectivity index (χ3n) is 4.58. The summed E-state index contributed by atoms with van der Waals surface area (Å²) in [6.45, 7) is 8.31. The van der Waals surface area contributed by atoms with E-state index in [0.717, 1.165) is 30.4 Å². The summed E-state index contributed by atoms with van der Waals surface area (Å²) in [4.78, 5) is 18.2. The van der Waals surface area contributed by atoms with Crippen LogP contribution in [0.4, 0.5) is 5.82 Å². The van der Waals surface area contributed by atoms with E-state index in [1.165, 1.54) is 37.7 Å². The van der Waals surface area contributed by atoms with E-state index >= 15 is 0 Å². The SMILES string of the molecule is CC.CNCCNCC=O.Cc1cn(C2CCCCC2)c2ncnc(N)c12. The van der Waals surface area contributed by atoms with Gasteiger partial charge in [-0.3, -0.25) is 0 Å². The monoisotopic (exact) mass is 376 g/mol. The van der Waals surface area contributed by atoms with Crippen molar-refractivity contribution in [1.82, 2.24) is 25.2 Å². The van der Waals surface area contributed by atoms with E-state index in [9.17, 15) is 4.79 Å². The molecule has 0 saturated heterocycles. The molecule has 7 heteroatoms. The smallest absolute Gasteiger partial charge is 0.145 e. The average molecular weight is 377 g/mol. The van der Waals surface area contributed by atoms with Crippen LogP contribution in [0.1, 0.15) is 57.6 Å². The first-order chi connectivity index (χ1) is 13.2. The number of hydrogen-bond acceptors (Lipinski definition) is 6. The van der Waals surface area contributed by atoms with E-state index in [1.54, 1.807) is 6.33 Å². The quantitative estimate of drug-likeness (QED) is 0.530. The van der Waals surface area contributed by atoms with E-state index in [0.29, 0.717) is 18.4 Å². The molecule has 7 nitrogen and oxygen atoms in total. The lowest BCUT2D eigenvalue weighted by molar-refractivity contribution is -0.107. The highest BCUT2D eigenvalue weighted by atomic mass is 16.1. The Kier molecular flexibility index (Phi) is 11.3. The molecule has 0 aromatic carbocycles. The second-order valence-electron chi connectivity index (χ2n) is 6.44. The number of nitrogen functional groups attached to an aromatic ring is 1. The number of carbonyl (C=O) groups excluding carboxylic acids is 1. The lowest BCUT2D eigenvalue weighted by Crippen LogP contribution is -2.26. The minimum atomic E-state index is 0.460. The van der Waals surface area contributed by atoms with E-state index in [-0.39, 0.29) is 0 Å². The van der Waals surface area contributed by atoms with Crippen LogP contribution in [0.15, 0.2) is 12.5 Å². The van der Waals surface area contributed by atoms with Gasteiger partial charge < -0.3 is 25.7 Å². The van der Waals surface area contributed by atoms with Crippen molar-refractivity contribution in [3.8, 4) is 0 Å². The molecule has 3 rings (SSSR count). The number of nitrogens with one attached hydrogen (secondary N) is 2. The molecule has 0 aliphatic heterocycles. The number of anilines is 1. The van der Waals surface area contributed by atoms with Crippen LogP contribution in [0.25, 0.3) is 11.0 Å². The summed E-state index contributed by atoms with van der Waals surface area (Å²) < 4.78 is 2.31. The first-order valence-electron chi connectivity index (χ1n) is 10.1. The Hall–Kier alpha value is -1.99. The van der Waals surface area contributed by atoms with Gasteiger partial charge >= 0.3 is 0 Å². The van der Waals surface area contributed by atoms with Crippen LogP contribution in [-0.4, -0.2) is 47.5 Å². The number of carbonyl (C=O) groups is 1. The zero-order chi connectivity index (χ0) is 20.1. The highest BCUT2D eigenvalue weighted by Crippen LogP contribution is 2.33. The van der Waals surface area contributed by atoms with E-state index in [2.05, 4.69) is 38.3 Å². The molecule has 1 aliphatic carbocycles. The van der Waals surface area contributed by atoms with Crippen molar-refractivity contribution in [1.29, 1.82) is 0 Å². The predicted molar refractivity (Wildman–Crippen MR) is 113 cm³/mol. The maximum absolute atomic E-state index is 9.69. The first kappa shape index (κ1) is 23.0. The first-order valence-corrected chi connectivity index (χ1v) is 10.1. The Bertz CT molecular complexity index is 664. The second-order valence-corrected chi connectivity index (χ2v) is 6.44. The van der Waals surface area contributed by atoms with Gasteiger partial charge in [-0.1, -0.05) is 33.1 Å². The predicted octanol–water partition coefficient (Wildman–Crippen LogP) is 2.85. The highest BCUT2D eigenvalue weighted by Gasteiger charge is 2.19. The molecular weight excluding hydrogens is 340 g/mol. The van der Waals surface area contributed by atoms with Gasteiger partial charge in [0.25, 0.3) is 0 Å². The van der Waals surface area contributed by atoms with Crippen LogP contribution in [0.5, 0.6) is 0 Å². The molecule has 0 spiro atoms. The molecule has 1 aliphatic rings. The highest BCUT2D eigenvalue weighted by molar-refractivity contribution is 5.89. The van der Waals surface area contributed by atoms with Gasteiger partial charge in [-0.2, -0.15) is 0 Å². The third kappa shape index (κ3) is 6.92. The lowest BCUT2D eigenvalue weighted by Gasteiger charge is -2.23. The van der Waals surface area contributed by atoms with Crippen molar-refractivity contribution in [3.05, 3.63) is 18.1 Å². The summed E-state index contributed by atoms with van der Waals surface area (Å²) in [6.07, 6.45) is 11.1. The molecule has 2 aromatic rings. The maximum atomic E-state index is 9.69. The van der Waals surface area contributed by atoms with Gasteiger partial charge in [0.1, 0.15) is 24.1 Å². The van der Waals surface area contributed by atoms with E-state index in [1.807, 2.05) is 20.9 Å². The summed E-state index contributed by atoms with van der Waals surface area (Å²) in [6, 6.07) is 0.592. The number of aromatic nitrogens is 3. The summed E-state index contributed by atoms with van der Waals surface area (Å²) in [5.74, 6) is 0.599. The van der Waals surface area contributed by atoms with Crippen molar-refractivity contribution in [2.45, 2.75) is 58.9 Å². The topological polar surface area (TPSA) is 97.9 Å². The Morgan fingerprint density at radius 2 is 1.93 bits per heavy atom. The molecule has 152 valence electrons. The summed E-state index contributed by atoms with van der Waals surface area (Å²) in [7, 11) is 1.88.